The molecule has 0 saturated carbocycles. The number of rotatable bonds is 5. The molecule has 1 aromatic rings. The second-order valence-corrected chi connectivity index (χ2v) is 5.89. The van der Waals surface area contributed by atoms with E-state index in [-0.39, 0.29) is 36.9 Å². The number of carbonyl (C=O) groups is 1. The molecule has 2 aliphatic rings. The monoisotopic (exact) mass is 328 g/mol. The summed E-state index contributed by atoms with van der Waals surface area (Å²) in [7, 11) is 1.63. The van der Waals surface area contributed by atoms with E-state index in [1.54, 1.807) is 12.2 Å². The molecular weight excluding hydrogens is 305 g/mol. The maximum atomic E-state index is 12.1. The van der Waals surface area contributed by atoms with E-state index in [0.29, 0.717) is 26.3 Å². The van der Waals surface area contributed by atoms with Crippen molar-refractivity contribution in [3.05, 3.63) is 24.3 Å². The van der Waals surface area contributed by atoms with Crippen molar-refractivity contribution in [1.82, 2.24) is 5.06 Å². The van der Waals surface area contributed by atoms with Gasteiger partial charge in [-0.15, -0.1) is 5.06 Å². The Kier molecular flexibility index (Phi) is 7.44. The predicted molar refractivity (Wildman–Crippen MR) is 89.0 cm³/mol. The fraction of sp³-hybridized carbons (Fsp3) is 0.588. The third-order valence-electron chi connectivity index (χ3n) is 4.23. The summed E-state index contributed by atoms with van der Waals surface area (Å²) in [6.45, 7) is 2.57. The zero-order chi connectivity index (χ0) is 16.1. The first kappa shape index (κ1) is 19.1. The minimum Gasteiger partial charge on any atom is -0.497 e. The van der Waals surface area contributed by atoms with Gasteiger partial charge >= 0.3 is 5.97 Å². The van der Waals surface area contributed by atoms with Gasteiger partial charge in [-0.25, -0.2) is 0 Å². The number of hydrogen-bond donors (Lipinski definition) is 0. The zero-order valence-electron chi connectivity index (χ0n) is 14.4. The molecule has 0 aromatic heterocycles. The van der Waals surface area contributed by atoms with Gasteiger partial charge in [0, 0.05) is 51.1 Å². The molecule has 0 N–H and O–H groups in total. The Morgan fingerprint density at radius 2 is 1.96 bits per heavy atom. The second-order valence-electron chi connectivity index (χ2n) is 5.89. The summed E-state index contributed by atoms with van der Waals surface area (Å²) >= 11 is 0. The number of hydroxylamine groups is 2. The molecule has 1 atom stereocenters. The van der Waals surface area contributed by atoms with Crippen LogP contribution in [-0.4, -0.2) is 69.4 Å². The Bertz CT molecular complexity index is 535. The van der Waals surface area contributed by atoms with Crippen molar-refractivity contribution >= 4 is 24.8 Å². The minimum atomic E-state index is -0.143. The molecule has 0 unspecified atom stereocenters. The van der Waals surface area contributed by atoms with Crippen LogP contribution in [0.4, 0.5) is 0 Å². The Balaban J connectivity index is 0.00000208. The predicted octanol–water partition coefficient (Wildman–Crippen LogP) is 1.65. The Morgan fingerprint density at radius 1 is 1.21 bits per heavy atom. The topological polar surface area (TPSA) is 57.2 Å². The third kappa shape index (κ3) is 5.15. The van der Waals surface area contributed by atoms with E-state index in [4.69, 9.17) is 19.0 Å². The fourth-order valence-electron chi connectivity index (χ4n) is 2.88. The van der Waals surface area contributed by atoms with Crippen LogP contribution < -0.4 is 9.47 Å². The van der Waals surface area contributed by atoms with Crippen LogP contribution in [-0.2, 0) is 14.4 Å². The molecule has 0 bridgehead atoms. The molecule has 1 aromatic carbocycles. The summed E-state index contributed by atoms with van der Waals surface area (Å²) in [6, 6.07) is 7.53. The van der Waals surface area contributed by atoms with Crippen LogP contribution >= 0.6 is 0 Å². The normalized spacial score (nSPS) is 21.8. The van der Waals surface area contributed by atoms with Crippen LogP contribution in [0.5, 0.6) is 11.5 Å². The smallest absolute Gasteiger partial charge is 0.328 e. The quantitative estimate of drug-likeness (QED) is 0.766. The Morgan fingerprint density at radius 3 is 2.71 bits per heavy atom. The second kappa shape index (κ2) is 9.33. The number of benzene rings is 1. The molecule has 2 saturated heterocycles. The average molecular weight is 328 g/mol. The molecule has 2 heterocycles. The first-order valence-corrected chi connectivity index (χ1v) is 8.10. The summed E-state index contributed by atoms with van der Waals surface area (Å²) < 4.78 is 16.4. The maximum Gasteiger partial charge on any atom is 0.328 e. The van der Waals surface area contributed by atoms with E-state index < -0.39 is 0 Å². The SMILES string of the molecule is COc1cccc(O[C@@H]2CCN(OC(=O)C3CCOCC3)C2)c1.[Li]. The molecule has 2 fully saturated rings. The van der Waals surface area contributed by atoms with Crippen molar-refractivity contribution in [1.29, 1.82) is 0 Å². The molecule has 3 rings (SSSR count). The first-order valence-electron chi connectivity index (χ1n) is 8.10. The third-order valence-corrected chi connectivity index (χ3v) is 4.23. The van der Waals surface area contributed by atoms with Crippen molar-refractivity contribution in [2.45, 2.75) is 25.4 Å². The van der Waals surface area contributed by atoms with Crippen molar-refractivity contribution in [3.8, 4) is 11.5 Å². The van der Waals surface area contributed by atoms with Crippen molar-refractivity contribution in [2.75, 3.05) is 33.4 Å². The van der Waals surface area contributed by atoms with Crippen molar-refractivity contribution in [3.63, 3.8) is 0 Å². The summed E-state index contributed by atoms with van der Waals surface area (Å²) in [4.78, 5) is 17.6. The van der Waals surface area contributed by atoms with E-state index in [1.807, 2.05) is 24.3 Å². The Labute approximate surface area is 154 Å². The molecule has 0 spiro atoms. The molecule has 2 aliphatic heterocycles. The molecule has 7 heteroatoms. The van der Waals surface area contributed by atoms with Crippen molar-refractivity contribution in [2.24, 2.45) is 5.92 Å². The number of nitrogens with zero attached hydrogens (tertiary/aromatic N) is 1. The molecule has 0 aliphatic carbocycles. The molecular formula is C17H23LiNO5. The van der Waals surface area contributed by atoms with Crippen molar-refractivity contribution < 1.29 is 23.8 Å². The van der Waals surface area contributed by atoms with Crippen LogP contribution in [0.25, 0.3) is 0 Å². The molecule has 127 valence electrons. The average Bonchev–Trinajstić information content (AvgIpc) is 3.02. The largest absolute Gasteiger partial charge is 0.497 e. The van der Waals surface area contributed by atoms with Gasteiger partial charge in [0.2, 0.25) is 0 Å². The number of ether oxygens (including phenoxy) is 3. The van der Waals surface area contributed by atoms with Crippen LogP contribution in [0.1, 0.15) is 19.3 Å². The van der Waals surface area contributed by atoms with Gasteiger partial charge in [0.25, 0.3) is 0 Å². The van der Waals surface area contributed by atoms with E-state index in [0.717, 1.165) is 30.8 Å². The molecule has 24 heavy (non-hydrogen) atoms. The summed E-state index contributed by atoms with van der Waals surface area (Å²) in [5.74, 6) is 1.35. The maximum absolute atomic E-state index is 12.1. The first-order chi connectivity index (χ1) is 11.2. The van der Waals surface area contributed by atoms with E-state index in [9.17, 15) is 4.79 Å². The van der Waals surface area contributed by atoms with Gasteiger partial charge in [-0.1, -0.05) is 6.07 Å². The van der Waals surface area contributed by atoms with E-state index >= 15 is 0 Å². The fourth-order valence-corrected chi connectivity index (χ4v) is 2.88. The molecule has 0 amide bonds. The van der Waals surface area contributed by atoms with Crippen LogP contribution in [0.2, 0.25) is 0 Å². The molecule has 1 radical (unpaired) electrons. The van der Waals surface area contributed by atoms with Gasteiger partial charge in [0.05, 0.1) is 19.6 Å². The number of hydrogen-bond acceptors (Lipinski definition) is 6. The zero-order valence-corrected chi connectivity index (χ0v) is 14.4. The molecule has 6 nitrogen and oxygen atoms in total. The van der Waals surface area contributed by atoms with Gasteiger partial charge in [0.15, 0.2) is 0 Å². The minimum absolute atomic E-state index is 0. The van der Waals surface area contributed by atoms with Gasteiger partial charge in [0.1, 0.15) is 17.6 Å². The van der Waals surface area contributed by atoms with Gasteiger partial charge in [-0.05, 0) is 25.0 Å². The standard InChI is InChI=1S/C17H23NO5.Li/c1-20-14-3-2-4-15(11-14)22-16-5-8-18(12-16)23-17(19)13-6-9-21-10-7-13;/h2-4,11,13,16H,5-10,12H2,1H3;/t16-;/m1./s1. The van der Waals surface area contributed by atoms with Gasteiger partial charge < -0.3 is 19.0 Å². The van der Waals surface area contributed by atoms with Crippen LogP contribution in [0.15, 0.2) is 24.3 Å². The van der Waals surface area contributed by atoms with Gasteiger partial charge in [-0.3, -0.25) is 4.79 Å². The summed E-state index contributed by atoms with van der Waals surface area (Å²) in [6.07, 6.45) is 2.34. The number of methoxy groups -OCH3 is 1. The van der Waals surface area contributed by atoms with E-state index in [1.165, 1.54) is 0 Å². The van der Waals surface area contributed by atoms with Crippen LogP contribution in [0, 0.1) is 5.92 Å². The summed E-state index contributed by atoms with van der Waals surface area (Å²) in [5.41, 5.74) is 0. The van der Waals surface area contributed by atoms with E-state index in [2.05, 4.69) is 0 Å². The summed E-state index contributed by atoms with van der Waals surface area (Å²) in [5, 5.41) is 1.71. The van der Waals surface area contributed by atoms with Gasteiger partial charge in [-0.2, -0.15) is 0 Å². The Hall–Kier alpha value is -1.19. The number of carbonyl (C=O) groups excluding carboxylic acids is 1. The van der Waals surface area contributed by atoms with Crippen LogP contribution in [0.3, 0.4) is 0 Å².